The van der Waals surface area contributed by atoms with Crippen LogP contribution in [-0.2, 0) is 25.8 Å². The Hall–Kier alpha value is -3.87. The number of hydrogen-bond donors (Lipinski definition) is 1. The fraction of sp³-hybridized carbons (Fsp3) is 0.457. The van der Waals surface area contributed by atoms with Gasteiger partial charge >= 0.3 is 0 Å². The quantitative estimate of drug-likeness (QED) is 0.212. The number of para-hydroxylation sites is 2. The van der Waals surface area contributed by atoms with Crippen LogP contribution in [0.1, 0.15) is 26.7 Å². The third kappa shape index (κ3) is 5.59. The van der Waals surface area contributed by atoms with Gasteiger partial charge in [0.25, 0.3) is 0 Å². The van der Waals surface area contributed by atoms with E-state index in [0.717, 1.165) is 5.52 Å². The van der Waals surface area contributed by atoms with Gasteiger partial charge in [0.15, 0.2) is 0 Å². The van der Waals surface area contributed by atoms with Crippen molar-refractivity contribution in [2.45, 2.75) is 62.0 Å². The molecule has 3 unspecified atom stereocenters. The molecule has 1 spiro atoms. The van der Waals surface area contributed by atoms with Gasteiger partial charge in [-0.05, 0) is 43.0 Å². The number of alkyl halides is 1. The molecule has 3 aliphatic heterocycles. The summed E-state index contributed by atoms with van der Waals surface area (Å²) >= 11 is 3.78. The molecule has 1 aromatic heterocycles. The number of likely N-dealkylation sites (tertiary alicyclic amines) is 1. The molecule has 7 atom stereocenters. The van der Waals surface area contributed by atoms with Gasteiger partial charge in [0, 0.05) is 23.6 Å². The number of ether oxygens (including phenoxy) is 1. The number of halogens is 1. The van der Waals surface area contributed by atoms with E-state index in [1.807, 2.05) is 68.4 Å². The van der Waals surface area contributed by atoms with E-state index >= 15 is 0 Å². The van der Waals surface area contributed by atoms with Crippen molar-refractivity contribution in [3.05, 3.63) is 79.9 Å². The summed E-state index contributed by atoms with van der Waals surface area (Å²) in [5, 5.41) is 19.2. The summed E-state index contributed by atoms with van der Waals surface area (Å²) in [7, 11) is 0. The van der Waals surface area contributed by atoms with Crippen LogP contribution < -0.4 is 4.90 Å². The van der Waals surface area contributed by atoms with Gasteiger partial charge in [-0.3, -0.25) is 14.4 Å². The number of carbonyl (C=O) groups is 3. The average Bonchev–Trinajstić information content (AvgIpc) is 3.79. The summed E-state index contributed by atoms with van der Waals surface area (Å²) in [6.07, 6.45) is 3.47. The van der Waals surface area contributed by atoms with Gasteiger partial charge in [-0.1, -0.05) is 77.5 Å². The van der Waals surface area contributed by atoms with Crippen LogP contribution in [-0.4, -0.2) is 95.9 Å². The Bertz CT molecular complexity index is 1660. The topological polar surface area (TPSA) is 121 Å². The van der Waals surface area contributed by atoms with Gasteiger partial charge in [-0.15, -0.1) is 18.3 Å². The Kier molecular flexibility index (Phi) is 9.37. The molecule has 248 valence electrons. The highest BCUT2D eigenvalue weighted by atomic mass is 79.9. The largest absolute Gasteiger partial charge is 0.394 e. The SMILES string of the molecule is C=CCN(Cn1nnc2ccccc21)C(=O)C1N([C@@H](CO)CC(C)C)C(=O)[C@@H]2[C@@H](C(=O)N(CC=C)c3ccccc3)[C@@H]3OC12CC3Br. The molecular weight excluding hydrogens is 664 g/mol. The van der Waals surface area contributed by atoms with Gasteiger partial charge in [0.2, 0.25) is 17.7 Å². The molecule has 2 aromatic carbocycles. The Morgan fingerprint density at radius 1 is 1.11 bits per heavy atom. The lowest BCUT2D eigenvalue weighted by molar-refractivity contribution is -0.152. The van der Waals surface area contributed by atoms with E-state index in [9.17, 15) is 19.5 Å². The third-order valence-electron chi connectivity index (χ3n) is 9.63. The lowest BCUT2D eigenvalue weighted by Crippen LogP contribution is -2.59. The summed E-state index contributed by atoms with van der Waals surface area (Å²) in [5.41, 5.74) is 0.833. The van der Waals surface area contributed by atoms with Crippen molar-refractivity contribution >= 4 is 50.4 Å². The van der Waals surface area contributed by atoms with E-state index in [4.69, 9.17) is 4.74 Å². The smallest absolute Gasteiger partial charge is 0.250 e. The summed E-state index contributed by atoms with van der Waals surface area (Å²) in [6, 6.07) is 15.0. The van der Waals surface area contributed by atoms with E-state index in [0.29, 0.717) is 24.0 Å². The molecule has 1 N–H and O–H groups in total. The molecule has 0 aliphatic carbocycles. The first-order valence-corrected chi connectivity index (χ1v) is 17.0. The molecule has 3 amide bonds. The van der Waals surface area contributed by atoms with E-state index in [1.165, 1.54) is 4.90 Å². The van der Waals surface area contributed by atoms with Crippen molar-refractivity contribution < 1.29 is 24.2 Å². The maximum absolute atomic E-state index is 15.0. The second-order valence-electron chi connectivity index (χ2n) is 13.0. The van der Waals surface area contributed by atoms with E-state index in [2.05, 4.69) is 39.4 Å². The van der Waals surface area contributed by atoms with E-state index in [-0.39, 0.29) is 54.8 Å². The average molecular weight is 706 g/mol. The van der Waals surface area contributed by atoms with Crippen molar-refractivity contribution in [3.63, 3.8) is 0 Å². The molecule has 3 saturated heterocycles. The van der Waals surface area contributed by atoms with Crippen molar-refractivity contribution in [1.29, 1.82) is 0 Å². The molecule has 6 rings (SSSR count). The minimum absolute atomic E-state index is 0.0588. The number of aliphatic hydroxyl groups excluding tert-OH is 1. The fourth-order valence-electron chi connectivity index (χ4n) is 7.81. The van der Waals surface area contributed by atoms with Crippen LogP contribution in [0.5, 0.6) is 0 Å². The molecule has 2 bridgehead atoms. The van der Waals surface area contributed by atoms with Crippen molar-refractivity contribution in [2.24, 2.45) is 17.8 Å². The highest BCUT2D eigenvalue weighted by Crippen LogP contribution is 2.61. The Labute approximate surface area is 283 Å². The number of benzene rings is 2. The zero-order valence-electron chi connectivity index (χ0n) is 26.7. The van der Waals surface area contributed by atoms with E-state index in [1.54, 1.807) is 26.6 Å². The zero-order chi connectivity index (χ0) is 33.5. The number of carbonyl (C=O) groups excluding carboxylic acids is 3. The van der Waals surface area contributed by atoms with Crippen molar-refractivity contribution in [3.8, 4) is 0 Å². The standard InChI is InChI=1S/C35H41BrN6O5/c1-5-16-39(21-41-27-15-11-10-14-26(27)37-38-41)34(46)31-35-19-25(36)30(47-35)28(29(35)33(45)42(31)24(20-43)18-22(3)4)32(44)40(17-6-2)23-12-8-7-9-13-23/h5-15,22,24-25,28-31,43H,1-2,16-21H2,3-4H3/t24-,25?,28-,29+,30-,31?,35?/m1/s1. The summed E-state index contributed by atoms with van der Waals surface area (Å²) in [4.78, 5) is 48.8. The van der Waals surface area contributed by atoms with Crippen LogP contribution in [0.2, 0.25) is 0 Å². The zero-order valence-corrected chi connectivity index (χ0v) is 28.3. The lowest BCUT2D eigenvalue weighted by atomic mass is 9.70. The Morgan fingerprint density at radius 2 is 1.81 bits per heavy atom. The number of amides is 3. The maximum Gasteiger partial charge on any atom is 0.250 e. The third-order valence-corrected chi connectivity index (χ3v) is 10.5. The minimum atomic E-state index is -1.29. The maximum atomic E-state index is 15.0. The second-order valence-corrected chi connectivity index (χ2v) is 14.2. The van der Waals surface area contributed by atoms with Gasteiger partial charge in [0.1, 0.15) is 23.8 Å². The number of anilines is 1. The first kappa shape index (κ1) is 33.0. The number of hydrogen-bond acceptors (Lipinski definition) is 7. The summed E-state index contributed by atoms with van der Waals surface area (Å²) in [6.45, 7) is 11.9. The predicted octanol–water partition coefficient (Wildman–Crippen LogP) is 3.78. The van der Waals surface area contributed by atoms with Crippen LogP contribution >= 0.6 is 15.9 Å². The monoisotopic (exact) mass is 704 g/mol. The molecular formula is C35H41BrN6O5. The predicted molar refractivity (Wildman–Crippen MR) is 181 cm³/mol. The van der Waals surface area contributed by atoms with Crippen molar-refractivity contribution in [2.75, 3.05) is 24.6 Å². The lowest BCUT2D eigenvalue weighted by Gasteiger charge is -2.39. The van der Waals surface area contributed by atoms with Crippen LogP contribution in [0, 0.1) is 17.8 Å². The number of rotatable bonds is 13. The molecule has 0 radical (unpaired) electrons. The first-order valence-electron chi connectivity index (χ1n) is 16.1. The summed E-state index contributed by atoms with van der Waals surface area (Å²) in [5.74, 6) is -2.62. The van der Waals surface area contributed by atoms with Gasteiger partial charge in [-0.25, -0.2) is 4.68 Å². The normalized spacial score (nSPS) is 26.9. The molecule has 3 aliphatic rings. The highest BCUT2D eigenvalue weighted by molar-refractivity contribution is 9.09. The fourth-order valence-corrected chi connectivity index (χ4v) is 8.75. The van der Waals surface area contributed by atoms with Gasteiger partial charge < -0.3 is 24.5 Å². The van der Waals surface area contributed by atoms with Crippen LogP contribution in [0.3, 0.4) is 0 Å². The molecule has 3 aromatic rings. The second kappa shape index (κ2) is 13.3. The van der Waals surface area contributed by atoms with Crippen LogP contribution in [0.4, 0.5) is 5.69 Å². The van der Waals surface area contributed by atoms with Crippen molar-refractivity contribution in [1.82, 2.24) is 24.8 Å². The van der Waals surface area contributed by atoms with Crippen LogP contribution in [0.15, 0.2) is 79.9 Å². The number of aliphatic hydroxyl groups is 1. The molecule has 4 heterocycles. The van der Waals surface area contributed by atoms with E-state index < -0.39 is 35.6 Å². The number of fused-ring (bicyclic) bond motifs is 2. The van der Waals surface area contributed by atoms with Gasteiger partial charge in [-0.2, -0.15) is 0 Å². The molecule has 0 saturated carbocycles. The van der Waals surface area contributed by atoms with Crippen LogP contribution in [0.25, 0.3) is 11.0 Å². The Morgan fingerprint density at radius 3 is 2.49 bits per heavy atom. The number of aromatic nitrogens is 3. The minimum Gasteiger partial charge on any atom is -0.394 e. The molecule has 3 fully saturated rings. The number of nitrogens with zero attached hydrogens (tertiary/aromatic N) is 6. The molecule has 12 heteroatoms. The molecule has 47 heavy (non-hydrogen) atoms. The Balaban J connectivity index is 1.43. The van der Waals surface area contributed by atoms with Gasteiger partial charge in [0.05, 0.1) is 36.1 Å². The summed E-state index contributed by atoms with van der Waals surface area (Å²) < 4.78 is 8.43. The molecule has 11 nitrogen and oxygen atoms in total. The first-order chi connectivity index (χ1) is 22.7. The highest BCUT2D eigenvalue weighted by Gasteiger charge is 2.77.